The van der Waals surface area contributed by atoms with E-state index in [1.807, 2.05) is 12.1 Å². The van der Waals surface area contributed by atoms with E-state index in [0.717, 1.165) is 22.4 Å². The van der Waals surface area contributed by atoms with Crippen molar-refractivity contribution in [3.8, 4) is 5.75 Å². The van der Waals surface area contributed by atoms with Gasteiger partial charge in [-0.3, -0.25) is 0 Å². The zero-order chi connectivity index (χ0) is 16.6. The molecule has 4 heteroatoms. The van der Waals surface area contributed by atoms with Crippen LogP contribution in [0.1, 0.15) is 51.3 Å². The molecule has 0 bridgehead atoms. The van der Waals surface area contributed by atoms with Crippen molar-refractivity contribution in [1.82, 2.24) is 0 Å². The first-order valence-electron chi connectivity index (χ1n) is 7.46. The second-order valence-corrected chi connectivity index (χ2v) is 13.7. The lowest BCUT2D eigenvalue weighted by Crippen LogP contribution is -2.44. The number of rotatable bonds is 4. The number of benzene rings is 1. The zero-order valence-corrected chi connectivity index (χ0v) is 16.6. The minimum Gasteiger partial charge on any atom is -0.543 e. The lowest BCUT2D eigenvalue weighted by atomic mass is 9.94. The first-order chi connectivity index (χ1) is 9.29. The quantitative estimate of drug-likeness (QED) is 0.600. The van der Waals surface area contributed by atoms with Crippen LogP contribution in [0.5, 0.6) is 5.75 Å². The van der Waals surface area contributed by atoms with Crippen molar-refractivity contribution >= 4 is 20.9 Å². The van der Waals surface area contributed by atoms with E-state index >= 15 is 0 Å². The standard InChI is InChI=1S/C17H30O2SSi/c1-12-14(17(5,6)20)9-13(11-18)10-15(12)19-21(7,8)16(2,3)4/h9-10,18,20H,11H2,1-8H3. The van der Waals surface area contributed by atoms with Gasteiger partial charge in [-0.1, -0.05) is 26.8 Å². The molecule has 0 atom stereocenters. The fourth-order valence-electron chi connectivity index (χ4n) is 2.01. The van der Waals surface area contributed by atoms with Crippen LogP contribution in [0.4, 0.5) is 0 Å². The Kier molecular flexibility index (Phi) is 5.29. The van der Waals surface area contributed by atoms with Crippen LogP contribution in [0, 0.1) is 6.92 Å². The Morgan fingerprint density at radius 3 is 2.05 bits per heavy atom. The maximum atomic E-state index is 9.53. The maximum absolute atomic E-state index is 9.53. The topological polar surface area (TPSA) is 29.5 Å². The van der Waals surface area contributed by atoms with Gasteiger partial charge in [-0.15, -0.1) is 0 Å². The van der Waals surface area contributed by atoms with Gasteiger partial charge < -0.3 is 9.53 Å². The molecule has 21 heavy (non-hydrogen) atoms. The van der Waals surface area contributed by atoms with Crippen molar-refractivity contribution in [1.29, 1.82) is 0 Å². The molecule has 0 aliphatic carbocycles. The fourth-order valence-corrected chi connectivity index (χ4v) is 3.31. The Morgan fingerprint density at radius 1 is 1.14 bits per heavy atom. The highest BCUT2D eigenvalue weighted by atomic mass is 32.1. The van der Waals surface area contributed by atoms with Gasteiger partial charge in [-0.2, -0.15) is 12.6 Å². The van der Waals surface area contributed by atoms with Crippen LogP contribution in [0.2, 0.25) is 18.1 Å². The van der Waals surface area contributed by atoms with Crippen LogP contribution in [-0.4, -0.2) is 13.4 Å². The highest BCUT2D eigenvalue weighted by Crippen LogP contribution is 2.41. The summed E-state index contributed by atoms with van der Waals surface area (Å²) in [5.41, 5.74) is 3.12. The molecule has 1 aromatic rings. The summed E-state index contributed by atoms with van der Waals surface area (Å²) < 4.78 is 6.21. The van der Waals surface area contributed by atoms with Crippen LogP contribution in [0.15, 0.2) is 12.1 Å². The van der Waals surface area contributed by atoms with Gasteiger partial charge in [0.25, 0.3) is 0 Å². The van der Waals surface area contributed by atoms with Gasteiger partial charge in [0.15, 0.2) is 0 Å². The molecule has 0 unspecified atom stereocenters. The van der Waals surface area contributed by atoms with Gasteiger partial charge in [-0.25, -0.2) is 0 Å². The molecule has 2 nitrogen and oxygen atoms in total. The monoisotopic (exact) mass is 326 g/mol. The molecule has 0 radical (unpaired) electrons. The van der Waals surface area contributed by atoms with Gasteiger partial charge in [0.1, 0.15) is 5.75 Å². The predicted octanol–water partition coefficient (Wildman–Crippen LogP) is 5.04. The van der Waals surface area contributed by atoms with Crippen LogP contribution in [0.3, 0.4) is 0 Å². The minimum absolute atomic E-state index is 0.0188. The van der Waals surface area contributed by atoms with Gasteiger partial charge in [-0.05, 0) is 61.7 Å². The van der Waals surface area contributed by atoms with Crippen molar-refractivity contribution < 1.29 is 9.53 Å². The molecule has 0 aliphatic rings. The molecular formula is C17H30O2SSi. The summed E-state index contributed by atoms with van der Waals surface area (Å²) in [6.07, 6.45) is 0. The second kappa shape index (κ2) is 5.97. The van der Waals surface area contributed by atoms with Crippen molar-refractivity contribution in [3.63, 3.8) is 0 Å². The van der Waals surface area contributed by atoms with Crippen LogP contribution < -0.4 is 4.43 Å². The Balaban J connectivity index is 3.37. The molecule has 0 fully saturated rings. The largest absolute Gasteiger partial charge is 0.543 e. The highest BCUT2D eigenvalue weighted by molar-refractivity contribution is 7.81. The van der Waals surface area contributed by atoms with Crippen LogP contribution in [0.25, 0.3) is 0 Å². The Hall–Kier alpha value is -0.453. The summed E-state index contributed by atoms with van der Waals surface area (Å²) in [5.74, 6) is 0.894. The number of hydrogen-bond donors (Lipinski definition) is 2. The Labute approximate surface area is 136 Å². The molecule has 0 heterocycles. The molecule has 0 amide bonds. The minimum atomic E-state index is -1.90. The number of aliphatic hydroxyl groups is 1. The molecule has 1 rings (SSSR count). The van der Waals surface area contributed by atoms with E-state index in [-0.39, 0.29) is 16.4 Å². The molecule has 0 aliphatic heterocycles. The summed E-state index contributed by atoms with van der Waals surface area (Å²) in [6, 6.07) is 4.00. The molecule has 0 saturated heterocycles. The molecule has 120 valence electrons. The van der Waals surface area contributed by atoms with Gasteiger partial charge >= 0.3 is 0 Å². The van der Waals surface area contributed by atoms with Gasteiger partial charge in [0, 0.05) is 4.75 Å². The maximum Gasteiger partial charge on any atom is 0.250 e. The number of thiol groups is 1. The van der Waals surface area contributed by atoms with Crippen molar-refractivity contribution in [2.24, 2.45) is 0 Å². The smallest absolute Gasteiger partial charge is 0.250 e. The van der Waals surface area contributed by atoms with Gasteiger partial charge in [0.05, 0.1) is 6.61 Å². The zero-order valence-electron chi connectivity index (χ0n) is 14.7. The van der Waals surface area contributed by atoms with Crippen molar-refractivity contribution in [3.05, 3.63) is 28.8 Å². The highest BCUT2D eigenvalue weighted by Gasteiger charge is 2.39. The molecule has 0 spiro atoms. The first kappa shape index (κ1) is 18.6. The normalized spacial score (nSPS) is 13.4. The number of aliphatic hydroxyl groups excluding tert-OH is 1. The fraction of sp³-hybridized carbons (Fsp3) is 0.647. The Morgan fingerprint density at radius 2 is 1.67 bits per heavy atom. The van der Waals surface area contributed by atoms with E-state index in [1.165, 1.54) is 0 Å². The Bertz CT molecular complexity index is 511. The lowest BCUT2D eigenvalue weighted by Gasteiger charge is -2.37. The molecule has 1 aromatic carbocycles. The lowest BCUT2D eigenvalue weighted by molar-refractivity contribution is 0.281. The third kappa shape index (κ3) is 4.27. The molecule has 0 aromatic heterocycles. The van der Waals surface area contributed by atoms with Crippen molar-refractivity contribution in [2.45, 2.75) is 71.0 Å². The van der Waals surface area contributed by atoms with Crippen LogP contribution >= 0.6 is 12.6 Å². The third-order valence-electron chi connectivity index (χ3n) is 4.43. The average molecular weight is 327 g/mol. The van der Waals surface area contributed by atoms with Crippen molar-refractivity contribution in [2.75, 3.05) is 0 Å². The SMILES string of the molecule is Cc1c(O[Si](C)(C)C(C)(C)C)cc(CO)cc1C(C)(C)S. The summed E-state index contributed by atoms with van der Waals surface area (Å²) in [6.45, 7) is 17.4. The summed E-state index contributed by atoms with van der Waals surface area (Å²) in [5, 5.41) is 9.68. The average Bonchev–Trinajstić information content (AvgIpc) is 2.28. The van der Waals surface area contributed by atoms with E-state index in [0.29, 0.717) is 0 Å². The second-order valence-electron chi connectivity index (χ2n) is 7.85. The van der Waals surface area contributed by atoms with E-state index in [1.54, 1.807) is 0 Å². The van der Waals surface area contributed by atoms with E-state index in [2.05, 4.69) is 67.3 Å². The predicted molar refractivity (Wildman–Crippen MR) is 96.9 cm³/mol. The molecular weight excluding hydrogens is 296 g/mol. The molecule has 1 N–H and O–H groups in total. The van der Waals surface area contributed by atoms with E-state index in [4.69, 9.17) is 4.43 Å². The van der Waals surface area contributed by atoms with Gasteiger partial charge in [0.2, 0.25) is 8.32 Å². The third-order valence-corrected chi connectivity index (χ3v) is 9.02. The summed E-state index contributed by atoms with van der Waals surface area (Å²) in [7, 11) is -1.90. The molecule has 0 saturated carbocycles. The van der Waals surface area contributed by atoms with E-state index < -0.39 is 8.32 Å². The summed E-state index contributed by atoms with van der Waals surface area (Å²) in [4.78, 5) is 0. The number of hydrogen-bond acceptors (Lipinski definition) is 3. The van der Waals surface area contributed by atoms with E-state index in [9.17, 15) is 5.11 Å². The van der Waals surface area contributed by atoms with Crippen LogP contribution in [-0.2, 0) is 11.4 Å². The summed E-state index contributed by atoms with van der Waals surface area (Å²) >= 11 is 4.69. The first-order valence-corrected chi connectivity index (χ1v) is 10.8.